The number of aliphatic hydroxyl groups is 1. The average molecular weight is 898 g/mol. The van der Waals surface area contributed by atoms with Crippen molar-refractivity contribution in [3.05, 3.63) is 59.2 Å². The fourth-order valence-corrected chi connectivity index (χ4v) is 5.00. The van der Waals surface area contributed by atoms with Crippen LogP contribution in [-0.2, 0) is 27.0 Å². The van der Waals surface area contributed by atoms with Gasteiger partial charge in [0.2, 0.25) is 3.79 Å². The van der Waals surface area contributed by atoms with Gasteiger partial charge in [-0.1, -0.05) is 24.3 Å². The lowest BCUT2D eigenvalue weighted by molar-refractivity contribution is -0.235. The summed E-state index contributed by atoms with van der Waals surface area (Å²) >= 11 is 5.23. The van der Waals surface area contributed by atoms with Gasteiger partial charge in [0.15, 0.2) is 17.8 Å². The third-order valence-electron chi connectivity index (χ3n) is 5.59. The molecule has 1 aliphatic rings. The van der Waals surface area contributed by atoms with E-state index in [1.165, 1.54) is 20.3 Å². The van der Waals surface area contributed by atoms with E-state index in [0.29, 0.717) is 35.8 Å². The number of rotatable bonds is 12. The molecular formula is C26H29I3O11. The Bertz CT molecular complexity index is 1130. The molecule has 0 amide bonds. The highest BCUT2D eigenvalue weighted by Crippen LogP contribution is 2.36. The molecule has 14 heteroatoms. The molecule has 2 N–H and O–H groups in total. The highest BCUT2D eigenvalue weighted by Gasteiger charge is 2.38. The number of ether oxygens (including phenoxy) is 5. The molecule has 0 aliphatic carbocycles. The van der Waals surface area contributed by atoms with Crippen LogP contribution in [0.4, 0.5) is 0 Å². The molecule has 0 bridgehead atoms. The van der Waals surface area contributed by atoms with Crippen molar-refractivity contribution in [2.75, 3.05) is 27.9 Å². The lowest BCUT2D eigenvalue weighted by atomic mass is 10.0. The molecule has 0 saturated carbocycles. The molecular weight excluding hydrogens is 869 g/mol. The van der Waals surface area contributed by atoms with Crippen LogP contribution < -0.4 is 14.2 Å². The monoisotopic (exact) mass is 898 g/mol. The van der Waals surface area contributed by atoms with Gasteiger partial charge in [0, 0.05) is 48.3 Å². The van der Waals surface area contributed by atoms with Crippen LogP contribution in [0.2, 0.25) is 0 Å². The van der Waals surface area contributed by atoms with Crippen LogP contribution in [0.1, 0.15) is 27.9 Å². The van der Waals surface area contributed by atoms with Crippen LogP contribution >= 0.6 is 68.6 Å². The van der Waals surface area contributed by atoms with Crippen LogP contribution in [0.5, 0.6) is 17.2 Å². The van der Waals surface area contributed by atoms with Crippen LogP contribution in [-0.4, -0.2) is 72.5 Å². The minimum Gasteiger partial charge on any atom is -0.496 e. The molecule has 3 rings (SSSR count). The van der Waals surface area contributed by atoms with Gasteiger partial charge in [0.05, 0.1) is 32.5 Å². The largest absolute Gasteiger partial charge is 0.496 e. The van der Waals surface area contributed by atoms with Gasteiger partial charge in [0.25, 0.3) is 0 Å². The lowest BCUT2D eigenvalue weighted by Crippen LogP contribution is -2.50. The lowest BCUT2D eigenvalue weighted by Gasteiger charge is -2.36. The van der Waals surface area contributed by atoms with E-state index in [0.717, 1.165) is 17.2 Å². The summed E-state index contributed by atoms with van der Waals surface area (Å²) in [6, 6.07) is 10.5. The normalized spacial score (nSPS) is 20.4. The third kappa shape index (κ3) is 10.8. The molecule has 1 saturated heterocycles. The Balaban J connectivity index is 0.000000337. The minimum absolute atomic E-state index is 0.158. The van der Waals surface area contributed by atoms with Gasteiger partial charge in [-0.3, -0.25) is 4.79 Å². The molecule has 0 unspecified atom stereocenters. The maximum atomic E-state index is 11.7. The molecule has 0 spiro atoms. The summed E-state index contributed by atoms with van der Waals surface area (Å²) in [5, 5.41) is 18.4. The summed E-state index contributed by atoms with van der Waals surface area (Å²) < 4.78 is 36.8. The van der Waals surface area contributed by atoms with E-state index in [9.17, 15) is 14.7 Å². The second-order valence-electron chi connectivity index (χ2n) is 8.15. The summed E-state index contributed by atoms with van der Waals surface area (Å²) in [7, 11) is 4.53. The number of methoxy groups -OCH3 is 3. The third-order valence-corrected chi connectivity index (χ3v) is 7.12. The Labute approximate surface area is 274 Å². The number of carbonyl (C=O) groups excluding carboxylic acids is 1. The van der Waals surface area contributed by atoms with Crippen molar-refractivity contribution in [1.29, 1.82) is 0 Å². The number of aliphatic hydroxyl groups excluding tert-OH is 1. The Morgan fingerprint density at radius 2 is 1.73 bits per heavy atom. The SMILES string of the molecule is CO[C@@H]1C[C@@H](O)[C@H](OI)[C@@H](COI)O1.COc1cc(C(=O)I)c(OC)cc1OCc1ccc(/C=C/C(=O)O)cc1. The van der Waals surface area contributed by atoms with E-state index in [1.54, 1.807) is 100.0 Å². The quantitative estimate of drug-likeness (QED) is 0.166. The molecule has 2 aromatic rings. The molecule has 0 radical (unpaired) electrons. The van der Waals surface area contributed by atoms with Gasteiger partial charge >= 0.3 is 5.97 Å². The number of carbonyl (C=O) groups is 2. The van der Waals surface area contributed by atoms with Gasteiger partial charge < -0.3 is 40.0 Å². The molecule has 1 heterocycles. The van der Waals surface area contributed by atoms with Crippen LogP contribution in [0.3, 0.4) is 0 Å². The Hall–Kier alpha value is -1.29. The zero-order valence-corrected chi connectivity index (χ0v) is 28.2. The van der Waals surface area contributed by atoms with Crippen LogP contribution in [0.15, 0.2) is 42.5 Å². The van der Waals surface area contributed by atoms with Crippen molar-refractivity contribution in [2.24, 2.45) is 0 Å². The summed E-state index contributed by atoms with van der Waals surface area (Å²) in [4.78, 5) is 22.2. The van der Waals surface area contributed by atoms with Crippen molar-refractivity contribution in [3.63, 3.8) is 0 Å². The molecule has 2 aromatic carbocycles. The van der Waals surface area contributed by atoms with Gasteiger partial charge in [-0.15, -0.1) is 0 Å². The predicted octanol–water partition coefficient (Wildman–Crippen LogP) is 5.17. The molecule has 1 fully saturated rings. The molecule has 0 aromatic heterocycles. The van der Waals surface area contributed by atoms with E-state index >= 15 is 0 Å². The summed E-state index contributed by atoms with van der Waals surface area (Å²) in [6.07, 6.45) is 1.39. The van der Waals surface area contributed by atoms with Crippen molar-refractivity contribution in [1.82, 2.24) is 0 Å². The first-order chi connectivity index (χ1) is 19.2. The fraction of sp³-hybridized carbons (Fsp3) is 0.385. The zero-order valence-electron chi connectivity index (χ0n) is 21.8. The number of carboxylic acids is 1. The maximum Gasteiger partial charge on any atom is 0.328 e. The molecule has 1 aliphatic heterocycles. The Morgan fingerprint density at radius 1 is 1.05 bits per heavy atom. The van der Waals surface area contributed by atoms with E-state index < -0.39 is 12.1 Å². The Morgan fingerprint density at radius 3 is 2.25 bits per heavy atom. The van der Waals surface area contributed by atoms with E-state index in [2.05, 4.69) is 0 Å². The standard InChI is InChI=1S/C19H17IO6.C7H12I2O5/c1-24-15-10-17(16(25-2)9-14(15)19(20)23)26-11-13-5-3-12(4-6-13)7-8-18(21)22;1-11-6-2-4(10)7(14-9)5(13-6)3-12-8/h3-10H,11H2,1-2H3,(H,21,22);4-7,10H,2-3H2,1H3/b8-7+;/t;4-,5-,6+,7+/m.1/s1. The van der Waals surface area contributed by atoms with E-state index in [4.69, 9.17) is 34.9 Å². The molecule has 11 nitrogen and oxygen atoms in total. The van der Waals surface area contributed by atoms with Gasteiger partial charge in [-0.25, -0.2) is 4.79 Å². The molecule has 220 valence electrons. The van der Waals surface area contributed by atoms with Crippen molar-refractivity contribution in [3.8, 4) is 17.2 Å². The van der Waals surface area contributed by atoms with Crippen LogP contribution in [0, 0.1) is 0 Å². The summed E-state index contributed by atoms with van der Waals surface area (Å²) in [6.45, 7) is 0.644. The number of hydrogen-bond acceptors (Lipinski definition) is 10. The highest BCUT2D eigenvalue weighted by molar-refractivity contribution is 14.1. The van der Waals surface area contributed by atoms with Gasteiger partial charge in [-0.2, -0.15) is 0 Å². The second kappa shape index (κ2) is 18.3. The second-order valence-corrected chi connectivity index (χ2v) is 10.3. The zero-order chi connectivity index (χ0) is 29.7. The predicted molar refractivity (Wildman–Crippen MR) is 170 cm³/mol. The van der Waals surface area contributed by atoms with Crippen LogP contribution in [0.25, 0.3) is 6.08 Å². The number of halogens is 3. The number of aliphatic carboxylic acids is 1. The Kier molecular flexibility index (Phi) is 16.0. The first kappa shape index (κ1) is 34.9. The first-order valence-corrected chi connectivity index (χ1v) is 14.5. The number of hydrogen-bond donors (Lipinski definition) is 2. The van der Waals surface area contributed by atoms with Gasteiger partial charge in [-0.05, 0) is 23.3 Å². The van der Waals surface area contributed by atoms with Gasteiger partial charge in [0.1, 0.15) is 70.6 Å². The molecule has 4 atom stereocenters. The summed E-state index contributed by atoms with van der Waals surface area (Å²) in [5.41, 5.74) is 2.08. The van der Waals surface area contributed by atoms with Crippen molar-refractivity contribution in [2.45, 2.75) is 37.6 Å². The van der Waals surface area contributed by atoms with E-state index in [-0.39, 0.29) is 28.9 Å². The summed E-state index contributed by atoms with van der Waals surface area (Å²) in [5.74, 6) is 0.314. The average Bonchev–Trinajstić information content (AvgIpc) is 2.95. The van der Waals surface area contributed by atoms with E-state index in [1.807, 2.05) is 12.1 Å². The fourth-order valence-electron chi connectivity index (χ4n) is 3.56. The topological polar surface area (TPSA) is 139 Å². The number of benzene rings is 2. The minimum atomic E-state index is -0.994. The highest BCUT2D eigenvalue weighted by atomic mass is 127. The molecule has 40 heavy (non-hydrogen) atoms. The maximum absolute atomic E-state index is 11.7. The first-order valence-electron chi connectivity index (χ1n) is 11.6. The van der Waals surface area contributed by atoms with Crippen molar-refractivity contribution >= 4 is 84.4 Å². The smallest absolute Gasteiger partial charge is 0.328 e. The number of carboxylic acid groups (broad SMARTS) is 1. The van der Waals surface area contributed by atoms with Crippen molar-refractivity contribution < 1.29 is 49.6 Å².